The summed E-state index contributed by atoms with van der Waals surface area (Å²) in [6, 6.07) is 11.6. The van der Waals surface area contributed by atoms with Gasteiger partial charge >= 0.3 is 0 Å². The molecule has 26 heavy (non-hydrogen) atoms. The van der Waals surface area contributed by atoms with Crippen molar-refractivity contribution >= 4 is 33.2 Å². The van der Waals surface area contributed by atoms with Crippen molar-refractivity contribution in [1.29, 1.82) is 0 Å². The number of carbonyl (C=O) groups excluding carboxylic acids is 1. The fraction of sp³-hybridized carbons (Fsp3) is 0.278. The van der Waals surface area contributed by atoms with Gasteiger partial charge in [-0.1, -0.05) is 30.7 Å². The van der Waals surface area contributed by atoms with Crippen molar-refractivity contribution in [3.05, 3.63) is 58.6 Å². The number of hydrogen-bond donors (Lipinski definition) is 2. The zero-order chi connectivity index (χ0) is 19.3. The number of methoxy groups -OCH3 is 1. The van der Waals surface area contributed by atoms with Crippen LogP contribution in [-0.2, 0) is 10.0 Å². The summed E-state index contributed by atoms with van der Waals surface area (Å²) in [7, 11) is -1.86. The van der Waals surface area contributed by atoms with Gasteiger partial charge in [0.2, 0.25) is 10.0 Å². The van der Waals surface area contributed by atoms with Crippen LogP contribution in [0, 0.1) is 0 Å². The zero-order valence-corrected chi connectivity index (χ0v) is 16.3. The average molecular weight is 397 g/mol. The predicted molar refractivity (Wildman–Crippen MR) is 103 cm³/mol. The molecule has 0 saturated carbocycles. The van der Waals surface area contributed by atoms with E-state index in [0.29, 0.717) is 6.42 Å². The smallest absolute Gasteiger partial charge is 0.253 e. The Balaban J connectivity index is 2.22. The summed E-state index contributed by atoms with van der Waals surface area (Å²) < 4.78 is 30.2. The van der Waals surface area contributed by atoms with Gasteiger partial charge in [0.1, 0.15) is 5.75 Å². The molecular formula is C18H21ClN2O4S. The van der Waals surface area contributed by atoms with Crippen LogP contribution in [0.2, 0.25) is 5.02 Å². The van der Waals surface area contributed by atoms with E-state index in [-0.39, 0.29) is 28.2 Å². The maximum absolute atomic E-state index is 12.7. The van der Waals surface area contributed by atoms with Crippen molar-refractivity contribution < 1.29 is 17.9 Å². The molecule has 1 atom stereocenters. The summed E-state index contributed by atoms with van der Waals surface area (Å²) in [4.78, 5) is 12.7. The molecule has 1 amide bonds. The molecule has 0 saturated heterocycles. The molecule has 0 aliphatic rings. The van der Waals surface area contributed by atoms with E-state index >= 15 is 0 Å². The van der Waals surface area contributed by atoms with E-state index in [1.165, 1.54) is 18.2 Å². The van der Waals surface area contributed by atoms with Crippen molar-refractivity contribution in [2.24, 2.45) is 0 Å². The van der Waals surface area contributed by atoms with Crippen molar-refractivity contribution in [3.8, 4) is 5.75 Å². The first-order chi connectivity index (χ1) is 12.2. The number of anilines is 1. The molecule has 0 fully saturated rings. The minimum Gasteiger partial charge on any atom is -0.497 e. The molecule has 140 valence electrons. The molecule has 2 aromatic carbocycles. The van der Waals surface area contributed by atoms with E-state index < -0.39 is 10.0 Å². The molecule has 1 unspecified atom stereocenters. The van der Waals surface area contributed by atoms with E-state index in [1.54, 1.807) is 7.11 Å². The van der Waals surface area contributed by atoms with Crippen LogP contribution >= 0.6 is 11.6 Å². The molecule has 0 bridgehead atoms. The van der Waals surface area contributed by atoms with Crippen molar-refractivity contribution in [1.82, 2.24) is 5.32 Å². The van der Waals surface area contributed by atoms with Crippen LogP contribution in [0.25, 0.3) is 0 Å². The van der Waals surface area contributed by atoms with Gasteiger partial charge in [-0.25, -0.2) is 8.42 Å². The van der Waals surface area contributed by atoms with Gasteiger partial charge in [-0.2, -0.15) is 0 Å². The van der Waals surface area contributed by atoms with Crippen LogP contribution in [0.5, 0.6) is 5.75 Å². The number of benzene rings is 2. The lowest BCUT2D eigenvalue weighted by Crippen LogP contribution is -2.28. The molecule has 2 aromatic rings. The Morgan fingerprint density at radius 3 is 2.38 bits per heavy atom. The van der Waals surface area contributed by atoms with E-state index in [0.717, 1.165) is 17.6 Å². The van der Waals surface area contributed by atoms with Crippen LogP contribution in [0.15, 0.2) is 42.5 Å². The highest BCUT2D eigenvalue weighted by Gasteiger charge is 2.17. The predicted octanol–water partition coefficient (Wildman–Crippen LogP) is 3.60. The highest BCUT2D eigenvalue weighted by atomic mass is 35.5. The molecule has 0 spiro atoms. The van der Waals surface area contributed by atoms with Gasteiger partial charge in [0.15, 0.2) is 0 Å². The van der Waals surface area contributed by atoms with Crippen LogP contribution in [0.3, 0.4) is 0 Å². The minimum atomic E-state index is -3.45. The van der Waals surface area contributed by atoms with Crippen LogP contribution < -0.4 is 14.8 Å². The van der Waals surface area contributed by atoms with Crippen molar-refractivity contribution in [2.45, 2.75) is 19.4 Å². The number of hydrogen-bond acceptors (Lipinski definition) is 4. The summed E-state index contributed by atoms with van der Waals surface area (Å²) in [6.07, 6.45) is 1.72. The standard InChI is InChI=1S/C18H21ClN2O4S/c1-4-17(12-5-8-14(25-2)9-6-12)20-18(22)15-11-13(7-10-16(15)19)21-26(3,23)24/h5-11,17,21H,4H2,1-3H3,(H,20,22). The van der Waals surface area contributed by atoms with Gasteiger partial charge < -0.3 is 10.1 Å². The monoisotopic (exact) mass is 396 g/mol. The number of amides is 1. The average Bonchev–Trinajstić information content (AvgIpc) is 2.60. The third-order valence-electron chi connectivity index (χ3n) is 3.75. The summed E-state index contributed by atoms with van der Waals surface area (Å²) in [5.41, 5.74) is 1.41. The molecule has 2 N–H and O–H groups in total. The Labute approximate surface area is 158 Å². The Bertz CT molecular complexity index is 883. The summed E-state index contributed by atoms with van der Waals surface area (Å²) in [5, 5.41) is 3.17. The van der Waals surface area contributed by atoms with Gasteiger partial charge in [-0.3, -0.25) is 9.52 Å². The number of rotatable bonds is 7. The summed E-state index contributed by atoms with van der Waals surface area (Å²) in [6.45, 7) is 1.96. The zero-order valence-electron chi connectivity index (χ0n) is 14.7. The summed E-state index contributed by atoms with van der Waals surface area (Å²) in [5.74, 6) is 0.354. The maximum Gasteiger partial charge on any atom is 0.253 e. The highest BCUT2D eigenvalue weighted by Crippen LogP contribution is 2.24. The quantitative estimate of drug-likeness (QED) is 0.748. The van der Waals surface area contributed by atoms with Gasteiger partial charge in [-0.05, 0) is 42.3 Å². The van der Waals surface area contributed by atoms with E-state index in [9.17, 15) is 13.2 Å². The molecule has 0 heterocycles. The van der Waals surface area contributed by atoms with Crippen LogP contribution in [0.4, 0.5) is 5.69 Å². The summed E-state index contributed by atoms with van der Waals surface area (Å²) >= 11 is 6.12. The molecule has 0 aromatic heterocycles. The number of ether oxygens (including phenoxy) is 1. The lowest BCUT2D eigenvalue weighted by molar-refractivity contribution is 0.0935. The first kappa shape index (κ1) is 20.1. The van der Waals surface area contributed by atoms with Gasteiger partial charge in [-0.15, -0.1) is 0 Å². The van der Waals surface area contributed by atoms with Gasteiger partial charge in [0, 0.05) is 5.69 Å². The van der Waals surface area contributed by atoms with Crippen molar-refractivity contribution in [3.63, 3.8) is 0 Å². The molecule has 0 aliphatic carbocycles. The Kier molecular flexibility index (Phi) is 6.50. The van der Waals surface area contributed by atoms with Crippen LogP contribution in [0.1, 0.15) is 35.3 Å². The topological polar surface area (TPSA) is 84.5 Å². The fourth-order valence-corrected chi connectivity index (χ4v) is 3.23. The van der Waals surface area contributed by atoms with E-state index in [4.69, 9.17) is 16.3 Å². The second kappa shape index (κ2) is 8.42. The van der Waals surface area contributed by atoms with E-state index in [2.05, 4.69) is 10.0 Å². The van der Waals surface area contributed by atoms with Crippen molar-refractivity contribution in [2.75, 3.05) is 18.1 Å². The molecule has 8 heteroatoms. The number of carbonyl (C=O) groups is 1. The number of sulfonamides is 1. The second-order valence-corrected chi connectivity index (χ2v) is 7.93. The Morgan fingerprint density at radius 1 is 1.19 bits per heavy atom. The fourth-order valence-electron chi connectivity index (χ4n) is 2.47. The van der Waals surface area contributed by atoms with Gasteiger partial charge in [0.05, 0.1) is 30.0 Å². The first-order valence-electron chi connectivity index (χ1n) is 7.95. The SMILES string of the molecule is CCC(NC(=O)c1cc(NS(C)(=O)=O)ccc1Cl)c1ccc(OC)cc1. The Hall–Kier alpha value is -2.25. The lowest BCUT2D eigenvalue weighted by Gasteiger charge is -2.18. The van der Waals surface area contributed by atoms with Crippen LogP contribution in [-0.4, -0.2) is 27.7 Å². The largest absolute Gasteiger partial charge is 0.497 e. The maximum atomic E-state index is 12.7. The molecule has 0 radical (unpaired) electrons. The minimum absolute atomic E-state index is 0.201. The highest BCUT2D eigenvalue weighted by molar-refractivity contribution is 7.92. The lowest BCUT2D eigenvalue weighted by atomic mass is 10.0. The molecular weight excluding hydrogens is 376 g/mol. The Morgan fingerprint density at radius 2 is 1.85 bits per heavy atom. The first-order valence-corrected chi connectivity index (χ1v) is 10.2. The second-order valence-electron chi connectivity index (χ2n) is 5.78. The third kappa shape index (κ3) is 5.37. The normalized spacial score (nSPS) is 12.3. The van der Waals surface area contributed by atoms with Gasteiger partial charge in [0.25, 0.3) is 5.91 Å². The molecule has 2 rings (SSSR count). The van der Waals surface area contributed by atoms with E-state index in [1.807, 2.05) is 31.2 Å². The third-order valence-corrected chi connectivity index (χ3v) is 4.68. The molecule has 0 aliphatic heterocycles. The molecule has 6 nitrogen and oxygen atoms in total. The number of nitrogens with one attached hydrogen (secondary N) is 2. The number of halogens is 1.